The third-order valence-corrected chi connectivity index (χ3v) is 4.63. The molecule has 0 amide bonds. The number of hydrogen-bond acceptors (Lipinski definition) is 4. The van der Waals surface area contributed by atoms with Crippen molar-refractivity contribution in [1.82, 2.24) is 4.98 Å². The second kappa shape index (κ2) is 7.01. The van der Waals surface area contributed by atoms with Crippen molar-refractivity contribution in [3.63, 3.8) is 0 Å². The fourth-order valence-corrected chi connectivity index (χ4v) is 3.32. The van der Waals surface area contributed by atoms with Gasteiger partial charge in [0.1, 0.15) is 5.82 Å². The number of para-hydroxylation sites is 1. The molecule has 1 aliphatic carbocycles. The van der Waals surface area contributed by atoms with Gasteiger partial charge in [0.15, 0.2) is 11.5 Å². The lowest BCUT2D eigenvalue weighted by Gasteiger charge is -2.17. The molecular weight excluding hydrogens is 312 g/mol. The first-order valence-corrected chi connectivity index (χ1v) is 8.79. The molecule has 0 saturated heterocycles. The summed E-state index contributed by atoms with van der Waals surface area (Å²) >= 11 is 0. The van der Waals surface area contributed by atoms with Gasteiger partial charge in [0.05, 0.1) is 18.7 Å². The monoisotopic (exact) mass is 334 g/mol. The number of anilines is 2. The summed E-state index contributed by atoms with van der Waals surface area (Å²) in [4.78, 5) is 4.66. The van der Waals surface area contributed by atoms with E-state index < -0.39 is 0 Å². The van der Waals surface area contributed by atoms with Crippen LogP contribution in [0.2, 0.25) is 0 Å². The van der Waals surface area contributed by atoms with E-state index in [4.69, 9.17) is 9.47 Å². The quantitative estimate of drug-likeness (QED) is 0.687. The van der Waals surface area contributed by atoms with E-state index in [0.29, 0.717) is 6.10 Å². The lowest BCUT2D eigenvalue weighted by molar-refractivity contribution is 0.201. The Morgan fingerprint density at radius 3 is 2.64 bits per heavy atom. The van der Waals surface area contributed by atoms with E-state index >= 15 is 0 Å². The third-order valence-electron chi connectivity index (χ3n) is 4.63. The second-order valence-electron chi connectivity index (χ2n) is 6.40. The first-order valence-electron chi connectivity index (χ1n) is 8.79. The zero-order chi connectivity index (χ0) is 17.1. The van der Waals surface area contributed by atoms with Gasteiger partial charge < -0.3 is 14.8 Å². The largest absolute Gasteiger partial charge is 0.493 e. The molecular formula is C21H22N2O2. The molecule has 1 fully saturated rings. The molecule has 0 aliphatic heterocycles. The number of hydrogen-bond donors (Lipinski definition) is 1. The molecule has 1 heterocycles. The van der Waals surface area contributed by atoms with Gasteiger partial charge in [0.2, 0.25) is 0 Å². The number of aromatic nitrogens is 1. The third kappa shape index (κ3) is 3.53. The summed E-state index contributed by atoms with van der Waals surface area (Å²) < 4.78 is 11.6. The molecule has 3 aromatic rings. The predicted octanol–water partition coefficient (Wildman–Crippen LogP) is 5.31. The maximum absolute atomic E-state index is 6.16. The van der Waals surface area contributed by atoms with Gasteiger partial charge in [-0.25, -0.2) is 4.98 Å². The Morgan fingerprint density at radius 1 is 0.960 bits per heavy atom. The maximum Gasteiger partial charge on any atom is 0.163 e. The number of fused-ring (bicyclic) bond motifs is 1. The lowest BCUT2D eigenvalue weighted by atomic mass is 10.2. The smallest absolute Gasteiger partial charge is 0.163 e. The standard InChI is InChI=1S/C21H22N2O2/c1-24-19-12-11-16(14-20(19)25-17-7-3-4-8-17)22-21-13-10-15-6-2-5-9-18(15)23-21/h2,5-6,9-14,17H,3-4,7-8H2,1H3,(H,22,23). The van der Waals surface area contributed by atoms with Gasteiger partial charge in [-0.05, 0) is 56.0 Å². The van der Waals surface area contributed by atoms with Gasteiger partial charge in [-0.1, -0.05) is 18.2 Å². The van der Waals surface area contributed by atoms with Gasteiger partial charge >= 0.3 is 0 Å². The van der Waals surface area contributed by atoms with E-state index in [0.717, 1.165) is 46.7 Å². The number of nitrogens with one attached hydrogen (secondary N) is 1. The fraction of sp³-hybridized carbons (Fsp3) is 0.286. The highest BCUT2D eigenvalue weighted by Gasteiger charge is 2.18. The van der Waals surface area contributed by atoms with Gasteiger partial charge in [0, 0.05) is 17.1 Å². The summed E-state index contributed by atoms with van der Waals surface area (Å²) in [5, 5.41) is 4.50. The van der Waals surface area contributed by atoms with Gasteiger partial charge in [-0.2, -0.15) is 0 Å². The Morgan fingerprint density at radius 2 is 1.80 bits per heavy atom. The highest BCUT2D eigenvalue weighted by molar-refractivity contribution is 5.80. The molecule has 1 aliphatic rings. The molecule has 4 heteroatoms. The van der Waals surface area contributed by atoms with Crippen LogP contribution in [0.25, 0.3) is 10.9 Å². The lowest BCUT2D eigenvalue weighted by Crippen LogP contribution is -2.11. The zero-order valence-corrected chi connectivity index (χ0v) is 14.4. The van der Waals surface area contributed by atoms with Crippen LogP contribution in [0, 0.1) is 0 Å². The van der Waals surface area contributed by atoms with Crippen LogP contribution in [0.1, 0.15) is 25.7 Å². The first kappa shape index (κ1) is 15.8. The molecule has 2 aromatic carbocycles. The number of pyridine rings is 1. The molecule has 1 aromatic heterocycles. The van der Waals surface area contributed by atoms with E-state index in [-0.39, 0.29) is 0 Å². The van der Waals surface area contributed by atoms with Crippen LogP contribution in [-0.4, -0.2) is 18.2 Å². The van der Waals surface area contributed by atoms with Crippen LogP contribution < -0.4 is 14.8 Å². The molecule has 0 bridgehead atoms. The molecule has 0 radical (unpaired) electrons. The highest BCUT2D eigenvalue weighted by Crippen LogP contribution is 2.34. The minimum Gasteiger partial charge on any atom is -0.493 e. The Kier molecular flexibility index (Phi) is 4.42. The number of ether oxygens (including phenoxy) is 2. The van der Waals surface area contributed by atoms with E-state index in [2.05, 4.69) is 22.4 Å². The molecule has 0 unspecified atom stereocenters. The SMILES string of the molecule is COc1ccc(Nc2ccc3ccccc3n2)cc1OC1CCCC1. The van der Waals surface area contributed by atoms with Crippen molar-refractivity contribution in [1.29, 1.82) is 0 Å². The normalized spacial score (nSPS) is 14.6. The Balaban J connectivity index is 1.58. The van der Waals surface area contributed by atoms with Gasteiger partial charge in [0.25, 0.3) is 0 Å². The number of rotatable bonds is 5. The second-order valence-corrected chi connectivity index (χ2v) is 6.40. The van der Waals surface area contributed by atoms with E-state index in [1.54, 1.807) is 7.11 Å². The van der Waals surface area contributed by atoms with E-state index in [1.165, 1.54) is 12.8 Å². The van der Waals surface area contributed by atoms with Crippen molar-refractivity contribution in [3.8, 4) is 11.5 Å². The molecule has 25 heavy (non-hydrogen) atoms. The summed E-state index contributed by atoms with van der Waals surface area (Å²) in [6.45, 7) is 0. The van der Waals surface area contributed by atoms with Crippen LogP contribution in [0.3, 0.4) is 0 Å². The number of methoxy groups -OCH3 is 1. The van der Waals surface area contributed by atoms with Gasteiger partial charge in [-0.3, -0.25) is 0 Å². The summed E-state index contributed by atoms with van der Waals surface area (Å²) in [5.41, 5.74) is 1.92. The molecule has 4 nitrogen and oxygen atoms in total. The highest BCUT2D eigenvalue weighted by atomic mass is 16.5. The molecule has 4 rings (SSSR count). The first-order chi connectivity index (χ1) is 12.3. The average Bonchev–Trinajstić information content (AvgIpc) is 3.15. The Labute approximate surface area is 147 Å². The summed E-state index contributed by atoms with van der Waals surface area (Å²) in [6, 6.07) is 18.1. The van der Waals surface area contributed by atoms with Crippen molar-refractivity contribution >= 4 is 22.4 Å². The molecule has 0 spiro atoms. The van der Waals surface area contributed by atoms with Crippen LogP contribution in [0.5, 0.6) is 11.5 Å². The molecule has 0 atom stereocenters. The van der Waals surface area contributed by atoms with E-state index in [1.807, 2.05) is 42.5 Å². The Hall–Kier alpha value is -2.75. The number of nitrogens with zero attached hydrogens (tertiary/aromatic N) is 1. The van der Waals surface area contributed by atoms with Crippen molar-refractivity contribution in [2.24, 2.45) is 0 Å². The summed E-state index contributed by atoms with van der Waals surface area (Å²) in [6.07, 6.45) is 5.01. The maximum atomic E-state index is 6.16. The minimum absolute atomic E-state index is 0.294. The van der Waals surface area contributed by atoms with Crippen molar-refractivity contribution in [2.75, 3.05) is 12.4 Å². The van der Waals surface area contributed by atoms with Crippen LogP contribution in [0.15, 0.2) is 54.6 Å². The number of benzene rings is 2. The topological polar surface area (TPSA) is 43.4 Å². The van der Waals surface area contributed by atoms with Crippen molar-refractivity contribution < 1.29 is 9.47 Å². The molecule has 1 saturated carbocycles. The van der Waals surface area contributed by atoms with Crippen molar-refractivity contribution in [3.05, 3.63) is 54.6 Å². The van der Waals surface area contributed by atoms with Crippen LogP contribution >= 0.6 is 0 Å². The minimum atomic E-state index is 0.294. The summed E-state index contributed by atoms with van der Waals surface area (Å²) in [5.74, 6) is 2.37. The molecule has 1 N–H and O–H groups in total. The Bertz CT molecular complexity index is 873. The van der Waals surface area contributed by atoms with Crippen LogP contribution in [-0.2, 0) is 0 Å². The average molecular weight is 334 g/mol. The fourth-order valence-electron chi connectivity index (χ4n) is 3.32. The molecule has 128 valence electrons. The predicted molar refractivity (Wildman–Crippen MR) is 101 cm³/mol. The van der Waals surface area contributed by atoms with Gasteiger partial charge in [-0.15, -0.1) is 0 Å². The van der Waals surface area contributed by atoms with E-state index in [9.17, 15) is 0 Å². The van der Waals surface area contributed by atoms with Crippen LogP contribution in [0.4, 0.5) is 11.5 Å². The summed E-state index contributed by atoms with van der Waals surface area (Å²) in [7, 11) is 1.68. The van der Waals surface area contributed by atoms with Crippen molar-refractivity contribution in [2.45, 2.75) is 31.8 Å². The zero-order valence-electron chi connectivity index (χ0n) is 14.4.